The second-order valence-corrected chi connectivity index (χ2v) is 6.22. The van der Waals surface area contributed by atoms with Crippen LogP contribution in [0.4, 0.5) is 0 Å². The van der Waals surface area contributed by atoms with Crippen LogP contribution in [0.25, 0.3) is 10.2 Å². The van der Waals surface area contributed by atoms with E-state index in [1.807, 2.05) is 24.4 Å². The van der Waals surface area contributed by atoms with Crippen LogP contribution in [0.15, 0.2) is 35.8 Å². The molecule has 102 valence electrons. The Morgan fingerprint density at radius 3 is 2.60 bits per heavy atom. The van der Waals surface area contributed by atoms with E-state index in [9.17, 15) is 5.11 Å². The number of aliphatic hydroxyl groups is 1. The van der Waals surface area contributed by atoms with Crippen LogP contribution in [-0.2, 0) is 0 Å². The lowest BCUT2D eigenvalue weighted by Crippen LogP contribution is -2.03. The summed E-state index contributed by atoms with van der Waals surface area (Å²) >= 11 is 1.65. The maximum Gasteiger partial charge on any atom is 0.106 e. The summed E-state index contributed by atoms with van der Waals surface area (Å²) in [4.78, 5) is 4.41. The van der Waals surface area contributed by atoms with Crippen LogP contribution in [0.3, 0.4) is 0 Å². The molecule has 1 atom stereocenters. The summed E-state index contributed by atoms with van der Waals surface area (Å²) in [6.07, 6.45) is 1.15. The molecule has 1 aromatic carbocycles. The highest BCUT2D eigenvalue weighted by atomic mass is 32.1. The monoisotopic (exact) mass is 283 g/mol. The van der Waals surface area contributed by atoms with E-state index in [1.165, 1.54) is 11.1 Å². The molecule has 1 unspecified atom stereocenters. The molecular weight excluding hydrogens is 266 g/mol. The number of rotatable bonds is 2. The predicted molar refractivity (Wildman–Crippen MR) is 84.3 cm³/mol. The molecule has 0 fully saturated rings. The van der Waals surface area contributed by atoms with Crippen LogP contribution in [0.5, 0.6) is 0 Å². The molecule has 0 aliphatic carbocycles. The van der Waals surface area contributed by atoms with Crippen molar-refractivity contribution in [2.75, 3.05) is 0 Å². The molecule has 0 saturated carbocycles. The summed E-state index contributed by atoms with van der Waals surface area (Å²) in [6, 6.07) is 8.24. The zero-order chi connectivity index (χ0) is 14.3. The number of aryl methyl sites for hydroxylation is 3. The quantitative estimate of drug-likeness (QED) is 0.760. The number of aliphatic hydroxyl groups excluding tert-OH is 1. The Hall–Kier alpha value is -1.71. The highest BCUT2D eigenvalue weighted by Crippen LogP contribution is 2.29. The maximum atomic E-state index is 10.6. The first-order valence-electron chi connectivity index (χ1n) is 6.65. The fraction of sp³-hybridized carbons (Fsp3) is 0.235. The molecule has 2 heterocycles. The van der Waals surface area contributed by atoms with E-state index in [0.29, 0.717) is 0 Å². The van der Waals surface area contributed by atoms with Gasteiger partial charge in [-0.1, -0.05) is 12.1 Å². The predicted octanol–water partition coefficient (Wildman–Crippen LogP) is 4.30. The van der Waals surface area contributed by atoms with E-state index in [1.54, 1.807) is 17.5 Å². The Morgan fingerprint density at radius 1 is 1.05 bits per heavy atom. The van der Waals surface area contributed by atoms with Crippen molar-refractivity contribution in [1.82, 2.24) is 4.98 Å². The zero-order valence-corrected chi connectivity index (χ0v) is 12.7. The topological polar surface area (TPSA) is 33.1 Å². The molecule has 3 rings (SSSR count). The van der Waals surface area contributed by atoms with Gasteiger partial charge < -0.3 is 5.11 Å². The third kappa shape index (κ3) is 2.23. The highest BCUT2D eigenvalue weighted by molar-refractivity contribution is 7.17. The van der Waals surface area contributed by atoms with Gasteiger partial charge in [-0.05, 0) is 60.5 Å². The van der Waals surface area contributed by atoms with Crippen molar-refractivity contribution in [2.24, 2.45) is 0 Å². The molecular formula is C17H17NOS. The number of thiophene rings is 1. The maximum absolute atomic E-state index is 10.6. The van der Waals surface area contributed by atoms with E-state index < -0.39 is 6.10 Å². The van der Waals surface area contributed by atoms with Crippen LogP contribution in [0.1, 0.15) is 33.9 Å². The summed E-state index contributed by atoms with van der Waals surface area (Å²) in [7, 11) is 0. The fourth-order valence-electron chi connectivity index (χ4n) is 2.47. The van der Waals surface area contributed by atoms with Crippen molar-refractivity contribution in [2.45, 2.75) is 26.9 Å². The molecule has 2 nitrogen and oxygen atoms in total. The van der Waals surface area contributed by atoms with Gasteiger partial charge in [0.25, 0.3) is 0 Å². The average molecular weight is 283 g/mol. The second kappa shape index (κ2) is 5.00. The average Bonchev–Trinajstić information content (AvgIpc) is 2.89. The first kappa shape index (κ1) is 13.3. The normalized spacial score (nSPS) is 12.8. The molecule has 0 amide bonds. The second-order valence-electron chi connectivity index (χ2n) is 5.27. The molecule has 0 aliphatic rings. The SMILES string of the molecule is Cc1cc(C)c(C(O)c2cnc3ccsc3c2)cc1C. The van der Waals surface area contributed by atoms with Gasteiger partial charge >= 0.3 is 0 Å². The molecule has 0 saturated heterocycles. The van der Waals surface area contributed by atoms with E-state index >= 15 is 0 Å². The van der Waals surface area contributed by atoms with E-state index in [-0.39, 0.29) is 0 Å². The minimum atomic E-state index is -0.617. The summed E-state index contributed by atoms with van der Waals surface area (Å²) in [5.41, 5.74) is 6.38. The third-order valence-electron chi connectivity index (χ3n) is 3.82. The van der Waals surface area contributed by atoms with Crippen LogP contribution in [-0.4, -0.2) is 10.1 Å². The lowest BCUT2D eigenvalue weighted by Gasteiger charge is -2.16. The van der Waals surface area contributed by atoms with Gasteiger partial charge in [-0.2, -0.15) is 0 Å². The minimum Gasteiger partial charge on any atom is -0.384 e. The van der Waals surface area contributed by atoms with Crippen LogP contribution < -0.4 is 0 Å². The van der Waals surface area contributed by atoms with E-state index in [2.05, 4.69) is 31.0 Å². The number of fused-ring (bicyclic) bond motifs is 1. The third-order valence-corrected chi connectivity index (χ3v) is 4.67. The molecule has 0 bridgehead atoms. The van der Waals surface area contributed by atoms with Crippen LogP contribution in [0, 0.1) is 20.8 Å². The summed E-state index contributed by atoms with van der Waals surface area (Å²) < 4.78 is 1.11. The standard InChI is InChI=1S/C17H17NOS/c1-10-6-12(3)14(7-11(10)2)17(19)13-8-16-15(18-9-13)4-5-20-16/h4-9,17,19H,1-3H3. The number of nitrogens with zero attached hydrogens (tertiary/aromatic N) is 1. The van der Waals surface area contributed by atoms with Crippen molar-refractivity contribution in [1.29, 1.82) is 0 Å². The van der Waals surface area contributed by atoms with E-state index in [0.717, 1.165) is 26.9 Å². The van der Waals surface area contributed by atoms with Crippen LogP contribution in [0.2, 0.25) is 0 Å². The Kier molecular flexibility index (Phi) is 3.32. The molecule has 0 aliphatic heterocycles. The highest BCUT2D eigenvalue weighted by Gasteiger charge is 2.15. The molecule has 0 spiro atoms. The number of hydrogen-bond donors (Lipinski definition) is 1. The van der Waals surface area contributed by atoms with Gasteiger partial charge in [0.05, 0.1) is 10.2 Å². The number of pyridine rings is 1. The Bertz CT molecular complexity index is 776. The first-order chi connectivity index (χ1) is 9.56. The van der Waals surface area contributed by atoms with Crippen LogP contribution >= 0.6 is 11.3 Å². The molecule has 3 aromatic rings. The lowest BCUT2D eigenvalue weighted by atomic mass is 9.94. The van der Waals surface area contributed by atoms with E-state index in [4.69, 9.17) is 0 Å². The molecule has 0 radical (unpaired) electrons. The first-order valence-corrected chi connectivity index (χ1v) is 7.53. The van der Waals surface area contributed by atoms with Gasteiger partial charge in [0.15, 0.2) is 0 Å². The molecule has 3 heteroatoms. The van der Waals surface area contributed by atoms with Crippen molar-refractivity contribution in [3.63, 3.8) is 0 Å². The summed E-state index contributed by atoms with van der Waals surface area (Å²) in [6.45, 7) is 6.21. The number of benzene rings is 1. The van der Waals surface area contributed by atoms with Crippen molar-refractivity contribution in [3.8, 4) is 0 Å². The van der Waals surface area contributed by atoms with Gasteiger partial charge in [-0.3, -0.25) is 4.98 Å². The number of hydrogen-bond acceptors (Lipinski definition) is 3. The number of aromatic nitrogens is 1. The van der Waals surface area contributed by atoms with Crippen molar-refractivity contribution in [3.05, 3.63) is 63.7 Å². The lowest BCUT2D eigenvalue weighted by molar-refractivity contribution is 0.219. The van der Waals surface area contributed by atoms with Crippen molar-refractivity contribution < 1.29 is 5.11 Å². The Labute approximate surface area is 122 Å². The largest absolute Gasteiger partial charge is 0.384 e. The fourth-order valence-corrected chi connectivity index (χ4v) is 3.26. The smallest absolute Gasteiger partial charge is 0.106 e. The van der Waals surface area contributed by atoms with Gasteiger partial charge in [0, 0.05) is 11.8 Å². The van der Waals surface area contributed by atoms with Crippen molar-refractivity contribution >= 4 is 21.6 Å². The van der Waals surface area contributed by atoms with Gasteiger partial charge in [0.1, 0.15) is 6.10 Å². The molecule has 20 heavy (non-hydrogen) atoms. The van der Waals surface area contributed by atoms with Gasteiger partial charge in [0.2, 0.25) is 0 Å². The van der Waals surface area contributed by atoms with Gasteiger partial charge in [-0.15, -0.1) is 11.3 Å². The summed E-state index contributed by atoms with van der Waals surface area (Å²) in [5.74, 6) is 0. The Morgan fingerprint density at radius 2 is 1.80 bits per heavy atom. The Balaban J connectivity index is 2.07. The molecule has 1 N–H and O–H groups in total. The minimum absolute atomic E-state index is 0.617. The summed E-state index contributed by atoms with van der Waals surface area (Å²) in [5, 5.41) is 12.7. The zero-order valence-electron chi connectivity index (χ0n) is 11.8. The van der Waals surface area contributed by atoms with Gasteiger partial charge in [-0.25, -0.2) is 0 Å². The molecule has 2 aromatic heterocycles.